The fourth-order valence-electron chi connectivity index (χ4n) is 3.67. The highest BCUT2D eigenvalue weighted by Crippen LogP contribution is 2.47. The van der Waals surface area contributed by atoms with Crippen molar-refractivity contribution in [1.82, 2.24) is 9.80 Å². The third-order valence-corrected chi connectivity index (χ3v) is 6.47. The number of nitro benzene ring substituents is 1. The van der Waals surface area contributed by atoms with Gasteiger partial charge in [-0.1, -0.05) is 18.2 Å². The van der Waals surface area contributed by atoms with Gasteiger partial charge in [0, 0.05) is 23.8 Å². The summed E-state index contributed by atoms with van der Waals surface area (Å²) in [4.78, 5) is 37.0. The number of halogens is 3. The van der Waals surface area contributed by atoms with Gasteiger partial charge in [0.05, 0.1) is 16.3 Å². The second kappa shape index (κ2) is 7.26. The Hall–Kier alpha value is -2.30. The van der Waals surface area contributed by atoms with Gasteiger partial charge in [-0.05, 0) is 13.3 Å². The zero-order valence-electron chi connectivity index (χ0n) is 14.9. The lowest BCUT2D eigenvalue weighted by atomic mass is 10.1. The van der Waals surface area contributed by atoms with Crippen molar-refractivity contribution in [3.8, 4) is 0 Å². The molecule has 2 aliphatic heterocycles. The van der Waals surface area contributed by atoms with Crippen LogP contribution in [0.15, 0.2) is 24.3 Å². The molecule has 2 atom stereocenters. The minimum atomic E-state index is -4.68. The molecule has 1 aromatic rings. The molecule has 1 aromatic carbocycles. The summed E-state index contributed by atoms with van der Waals surface area (Å²) in [5, 5.41) is 11.2. The number of nitrogens with zero attached hydrogens (tertiary/aromatic N) is 3. The Morgan fingerprint density at radius 2 is 2.11 bits per heavy atom. The van der Waals surface area contributed by atoms with Crippen LogP contribution in [0.3, 0.4) is 0 Å². The molecule has 2 heterocycles. The van der Waals surface area contributed by atoms with E-state index in [1.165, 1.54) is 40.9 Å². The van der Waals surface area contributed by atoms with E-state index in [4.69, 9.17) is 0 Å². The third-order valence-electron chi connectivity index (χ3n) is 4.96. The quantitative estimate of drug-likeness (QED) is 0.543. The van der Waals surface area contributed by atoms with Crippen molar-refractivity contribution in [3.63, 3.8) is 0 Å². The molecule has 0 aliphatic carbocycles. The van der Waals surface area contributed by atoms with Crippen molar-refractivity contribution < 1.29 is 27.7 Å². The number of alkyl halides is 3. The second-order valence-corrected chi connectivity index (χ2v) is 8.46. The summed E-state index contributed by atoms with van der Waals surface area (Å²) in [6, 6.07) is 4.36. The summed E-state index contributed by atoms with van der Waals surface area (Å²) < 4.78 is 39.4. The van der Waals surface area contributed by atoms with E-state index in [2.05, 4.69) is 0 Å². The first-order chi connectivity index (χ1) is 13.0. The van der Waals surface area contributed by atoms with Crippen LogP contribution in [0, 0.1) is 10.1 Å². The Morgan fingerprint density at radius 3 is 2.75 bits per heavy atom. The van der Waals surface area contributed by atoms with Crippen LogP contribution in [0.1, 0.15) is 25.3 Å². The summed E-state index contributed by atoms with van der Waals surface area (Å²) in [6.07, 6.45) is -3.90. The van der Waals surface area contributed by atoms with Gasteiger partial charge in [-0.15, -0.1) is 11.8 Å². The molecule has 11 heteroatoms. The molecule has 0 radical (unpaired) electrons. The fourth-order valence-corrected chi connectivity index (χ4v) is 5.09. The summed E-state index contributed by atoms with van der Waals surface area (Å²) in [7, 11) is 0. The van der Waals surface area contributed by atoms with Crippen LogP contribution < -0.4 is 0 Å². The van der Waals surface area contributed by atoms with Gasteiger partial charge in [0.2, 0.25) is 11.8 Å². The molecule has 152 valence electrons. The van der Waals surface area contributed by atoms with Gasteiger partial charge in [0.1, 0.15) is 12.6 Å². The number of thioether (sulfide) groups is 1. The van der Waals surface area contributed by atoms with E-state index in [0.29, 0.717) is 11.3 Å². The number of fused-ring (bicyclic) bond motifs is 1. The first kappa shape index (κ1) is 20.4. The van der Waals surface area contributed by atoms with E-state index < -0.39 is 41.0 Å². The van der Waals surface area contributed by atoms with Crippen LogP contribution in [0.4, 0.5) is 18.9 Å². The molecule has 7 nitrogen and oxygen atoms in total. The molecule has 28 heavy (non-hydrogen) atoms. The Morgan fingerprint density at radius 1 is 1.43 bits per heavy atom. The van der Waals surface area contributed by atoms with Crippen molar-refractivity contribution in [2.24, 2.45) is 0 Å². The maximum atomic E-state index is 13.1. The topological polar surface area (TPSA) is 83.8 Å². The Kier molecular flexibility index (Phi) is 5.30. The predicted octanol–water partition coefficient (Wildman–Crippen LogP) is 2.94. The van der Waals surface area contributed by atoms with Gasteiger partial charge in [-0.2, -0.15) is 13.2 Å². The molecule has 2 unspecified atom stereocenters. The highest BCUT2D eigenvalue weighted by molar-refractivity contribution is 8.01. The van der Waals surface area contributed by atoms with Gasteiger partial charge in [-0.3, -0.25) is 19.7 Å². The number of rotatable bonds is 5. The van der Waals surface area contributed by atoms with Crippen LogP contribution >= 0.6 is 11.8 Å². The highest BCUT2D eigenvalue weighted by atomic mass is 32.2. The minimum absolute atomic E-state index is 0.00580. The van der Waals surface area contributed by atoms with Gasteiger partial charge < -0.3 is 9.80 Å². The number of nitro groups is 1. The lowest BCUT2D eigenvalue weighted by Gasteiger charge is -2.33. The normalized spacial score (nSPS) is 24.4. The molecule has 2 saturated heterocycles. The maximum Gasteiger partial charge on any atom is 0.406 e. The zero-order chi connectivity index (χ0) is 20.7. The number of hydrogen-bond donors (Lipinski definition) is 0. The monoisotopic (exact) mass is 417 g/mol. The van der Waals surface area contributed by atoms with E-state index in [-0.39, 0.29) is 29.3 Å². The molecule has 0 N–H and O–H groups in total. The number of carbonyl (C=O) groups excluding carboxylic acids is 2. The summed E-state index contributed by atoms with van der Waals surface area (Å²) in [6.45, 7) is -0.306. The van der Waals surface area contributed by atoms with E-state index in [1.807, 2.05) is 0 Å². The molecular formula is C17H18F3N3O4S. The van der Waals surface area contributed by atoms with Gasteiger partial charge in [-0.25, -0.2) is 0 Å². The molecule has 2 fully saturated rings. The van der Waals surface area contributed by atoms with E-state index in [1.54, 1.807) is 6.92 Å². The number of hydrogen-bond acceptors (Lipinski definition) is 5. The molecule has 0 spiro atoms. The Balaban J connectivity index is 1.90. The standard InChI is InChI=1S/C17H18F3N3O4S/c1-16-7-6-14(24)22(16)13(9-28-16)15(25)21(10-17(18,19)20)8-11-4-2-3-5-12(11)23(26)27/h2-5,13H,6-10H2,1H3. The number of amides is 2. The molecule has 3 rings (SSSR count). The molecular weight excluding hydrogens is 399 g/mol. The number of carbonyl (C=O) groups is 2. The van der Waals surface area contributed by atoms with Crippen molar-refractivity contribution in [3.05, 3.63) is 39.9 Å². The van der Waals surface area contributed by atoms with Crippen LogP contribution in [0.5, 0.6) is 0 Å². The van der Waals surface area contributed by atoms with Crippen LogP contribution in [0.25, 0.3) is 0 Å². The van der Waals surface area contributed by atoms with Crippen LogP contribution in [-0.4, -0.2) is 55.9 Å². The lowest BCUT2D eigenvalue weighted by Crippen LogP contribution is -2.52. The van der Waals surface area contributed by atoms with Gasteiger partial charge >= 0.3 is 6.18 Å². The zero-order valence-corrected chi connectivity index (χ0v) is 15.8. The van der Waals surface area contributed by atoms with Crippen molar-refractivity contribution >= 4 is 29.3 Å². The van der Waals surface area contributed by atoms with E-state index in [9.17, 15) is 32.9 Å². The van der Waals surface area contributed by atoms with Gasteiger partial charge in [0.25, 0.3) is 5.69 Å². The summed E-state index contributed by atoms with van der Waals surface area (Å²) in [5.74, 6) is -0.905. The highest BCUT2D eigenvalue weighted by Gasteiger charge is 2.54. The van der Waals surface area contributed by atoms with Crippen molar-refractivity contribution in [2.75, 3.05) is 12.3 Å². The minimum Gasteiger partial charge on any atom is -0.327 e. The predicted molar refractivity (Wildman–Crippen MR) is 95.3 cm³/mol. The Bertz CT molecular complexity index is 819. The molecule has 2 amide bonds. The van der Waals surface area contributed by atoms with Crippen molar-refractivity contribution in [2.45, 2.75) is 43.4 Å². The van der Waals surface area contributed by atoms with Crippen LogP contribution in [0.2, 0.25) is 0 Å². The summed E-state index contributed by atoms with van der Waals surface area (Å²) in [5.41, 5.74) is -0.350. The van der Waals surface area contributed by atoms with Crippen molar-refractivity contribution in [1.29, 1.82) is 0 Å². The van der Waals surface area contributed by atoms with E-state index >= 15 is 0 Å². The first-order valence-corrected chi connectivity index (χ1v) is 9.54. The number of benzene rings is 1. The molecule has 0 bridgehead atoms. The smallest absolute Gasteiger partial charge is 0.327 e. The first-order valence-electron chi connectivity index (χ1n) is 8.56. The third kappa shape index (κ3) is 3.94. The van der Waals surface area contributed by atoms with E-state index in [0.717, 1.165) is 0 Å². The second-order valence-electron chi connectivity index (χ2n) is 6.96. The van der Waals surface area contributed by atoms with Crippen LogP contribution in [-0.2, 0) is 16.1 Å². The average Bonchev–Trinajstić information content (AvgIpc) is 3.09. The fraction of sp³-hybridized carbons (Fsp3) is 0.529. The Labute approximate surface area is 163 Å². The van der Waals surface area contributed by atoms with Gasteiger partial charge in [0.15, 0.2) is 0 Å². The SMILES string of the molecule is CC12CCC(=O)N1C(C(=O)N(Cc1ccccc1[N+](=O)[O-])CC(F)(F)F)CS2. The maximum absolute atomic E-state index is 13.1. The number of para-hydroxylation sites is 1. The molecule has 2 aliphatic rings. The lowest BCUT2D eigenvalue weighted by molar-refractivity contribution is -0.385. The molecule has 0 aromatic heterocycles. The average molecular weight is 417 g/mol. The summed E-state index contributed by atoms with van der Waals surface area (Å²) >= 11 is 1.37. The molecule has 0 saturated carbocycles. The largest absolute Gasteiger partial charge is 0.406 e.